The average molecular weight is 533 g/mol. The number of aliphatic imine (C=N–C) groups is 1. The normalized spacial score (nSPS) is 16.5. The lowest BCUT2D eigenvalue weighted by Gasteiger charge is -2.26. The minimum absolute atomic E-state index is 0.161. The molecular weight excluding hydrogens is 500 g/mol. The van der Waals surface area contributed by atoms with Crippen LogP contribution in [-0.4, -0.2) is 72.6 Å². The van der Waals surface area contributed by atoms with Gasteiger partial charge < -0.3 is 19.3 Å². The fourth-order valence-corrected chi connectivity index (χ4v) is 3.44. The van der Waals surface area contributed by atoms with E-state index in [1.807, 2.05) is 26.8 Å². The van der Waals surface area contributed by atoms with Crippen molar-refractivity contribution in [1.82, 2.24) is 25.7 Å². The molecule has 0 saturated carbocycles. The van der Waals surface area contributed by atoms with Crippen molar-refractivity contribution < 1.29 is 18.8 Å². The van der Waals surface area contributed by atoms with Crippen LogP contribution >= 0.6 is 0 Å². The molecule has 1 fully saturated rings. The minimum Gasteiger partial charge on any atom is -0.491 e. The van der Waals surface area contributed by atoms with E-state index >= 15 is 0 Å². The predicted octanol–water partition coefficient (Wildman–Crippen LogP) is 2.63. The molecule has 12 nitrogen and oxygen atoms in total. The van der Waals surface area contributed by atoms with Gasteiger partial charge in [-0.05, 0) is 18.1 Å². The zero-order chi connectivity index (χ0) is 27.7. The number of carbonyl (C=O) groups is 1. The van der Waals surface area contributed by atoms with Crippen LogP contribution in [0.3, 0.4) is 0 Å². The second kappa shape index (κ2) is 12.9. The molecular formula is C27H32N8O4. The highest BCUT2D eigenvalue weighted by Gasteiger charge is 2.20. The van der Waals surface area contributed by atoms with Gasteiger partial charge in [0, 0.05) is 49.6 Å². The molecule has 2 aromatic heterocycles. The van der Waals surface area contributed by atoms with Crippen molar-refractivity contribution in [2.45, 2.75) is 26.2 Å². The first kappa shape index (κ1) is 27.6. The molecule has 2 aliphatic rings. The first-order chi connectivity index (χ1) is 18.7. The Morgan fingerprint density at radius 3 is 2.77 bits per heavy atom. The van der Waals surface area contributed by atoms with E-state index in [-0.39, 0.29) is 17.1 Å². The van der Waals surface area contributed by atoms with E-state index in [0.717, 1.165) is 32.8 Å². The number of anilines is 1. The van der Waals surface area contributed by atoms with Gasteiger partial charge in [0.05, 0.1) is 25.0 Å². The molecule has 0 radical (unpaired) electrons. The number of rotatable bonds is 6. The molecule has 2 amide bonds. The Morgan fingerprint density at radius 1 is 1.28 bits per heavy atom. The number of morpholine rings is 1. The Balaban J connectivity index is 1.20. The minimum atomic E-state index is -0.617. The maximum Gasteiger partial charge on any atom is 0.326 e. The lowest BCUT2D eigenvalue weighted by molar-refractivity contribution is 0.0322. The first-order valence-corrected chi connectivity index (χ1v) is 12.5. The van der Waals surface area contributed by atoms with Crippen LogP contribution in [0.5, 0.6) is 5.75 Å². The monoisotopic (exact) mass is 532 g/mol. The third kappa shape index (κ3) is 8.80. The van der Waals surface area contributed by atoms with E-state index in [9.17, 15) is 4.79 Å². The standard InChI is InChI=1S/C27H32N8O4/c1-27(2,3)22-14-25(34-39-22)33-26(36)32-23(28)15-24-30-16-19(17-31-24)4-5-20-6-7-21(18-29-20)38-13-10-35-8-11-37-12-9-35/h6-7,14-18,30H,8-13H2,1-3H3,(H3,28,32,33,34,36)/b24-15+. The smallest absolute Gasteiger partial charge is 0.326 e. The fraction of sp³-hybridized carbons (Fsp3) is 0.370. The molecule has 0 atom stereocenters. The Morgan fingerprint density at radius 2 is 2.10 bits per heavy atom. The molecule has 204 valence electrons. The number of nitrogens with one attached hydrogen (secondary N) is 4. The summed E-state index contributed by atoms with van der Waals surface area (Å²) in [6.45, 7) is 10.8. The maximum atomic E-state index is 12.2. The number of nitrogens with zero attached hydrogens (tertiary/aromatic N) is 4. The number of urea groups is 1. The second-order valence-corrected chi connectivity index (χ2v) is 9.78. The van der Waals surface area contributed by atoms with Gasteiger partial charge in [-0.3, -0.25) is 20.9 Å². The summed E-state index contributed by atoms with van der Waals surface area (Å²) in [4.78, 5) is 23.0. The maximum absolute atomic E-state index is 12.2. The summed E-state index contributed by atoms with van der Waals surface area (Å²) in [6, 6.07) is 4.68. The number of ether oxygens (including phenoxy) is 2. The molecule has 0 aromatic carbocycles. The summed E-state index contributed by atoms with van der Waals surface area (Å²) >= 11 is 0. The van der Waals surface area contributed by atoms with E-state index in [4.69, 9.17) is 19.4 Å². The fourth-order valence-electron chi connectivity index (χ4n) is 3.44. The van der Waals surface area contributed by atoms with Gasteiger partial charge >= 0.3 is 6.03 Å². The highest BCUT2D eigenvalue weighted by Crippen LogP contribution is 2.24. The summed E-state index contributed by atoms with van der Waals surface area (Å²) in [5.74, 6) is 7.79. The van der Waals surface area contributed by atoms with Crippen LogP contribution in [0.2, 0.25) is 0 Å². The van der Waals surface area contributed by atoms with E-state index < -0.39 is 6.03 Å². The number of carbonyl (C=O) groups excluding carboxylic acids is 1. The lowest BCUT2D eigenvalue weighted by atomic mass is 9.93. The third-order valence-electron chi connectivity index (χ3n) is 5.59. The van der Waals surface area contributed by atoms with Crippen molar-refractivity contribution >= 4 is 23.9 Å². The molecule has 2 aliphatic heterocycles. The Hall–Kier alpha value is -4.47. The van der Waals surface area contributed by atoms with Gasteiger partial charge in [-0.25, -0.2) is 14.8 Å². The molecule has 0 aliphatic carbocycles. The highest BCUT2D eigenvalue weighted by atomic mass is 16.5. The van der Waals surface area contributed by atoms with E-state index in [1.165, 1.54) is 6.08 Å². The van der Waals surface area contributed by atoms with Crippen molar-refractivity contribution in [3.63, 3.8) is 0 Å². The summed E-state index contributed by atoms with van der Waals surface area (Å²) in [6.07, 6.45) is 6.26. The number of hydrogen-bond acceptors (Lipinski definition) is 10. The second-order valence-electron chi connectivity index (χ2n) is 9.78. The van der Waals surface area contributed by atoms with E-state index in [0.29, 0.717) is 35.2 Å². The Kier molecular flexibility index (Phi) is 9.09. The van der Waals surface area contributed by atoms with Gasteiger partial charge in [-0.1, -0.05) is 31.8 Å². The van der Waals surface area contributed by atoms with E-state index in [1.54, 1.807) is 30.7 Å². The van der Waals surface area contributed by atoms with Crippen LogP contribution in [0.1, 0.15) is 32.2 Å². The summed E-state index contributed by atoms with van der Waals surface area (Å²) in [5, 5.41) is 19.7. The van der Waals surface area contributed by atoms with Gasteiger partial charge in [-0.2, -0.15) is 0 Å². The number of aromatic nitrogens is 2. The van der Waals surface area contributed by atoms with Crippen molar-refractivity contribution in [3.8, 4) is 17.6 Å². The van der Waals surface area contributed by atoms with Crippen molar-refractivity contribution in [1.29, 1.82) is 5.41 Å². The average Bonchev–Trinajstić information content (AvgIpc) is 3.39. The summed E-state index contributed by atoms with van der Waals surface area (Å²) in [7, 11) is 0. The number of amidine groups is 1. The Labute approximate surface area is 227 Å². The molecule has 4 heterocycles. The quantitative estimate of drug-likeness (QED) is 0.252. The zero-order valence-corrected chi connectivity index (χ0v) is 22.2. The molecule has 4 N–H and O–H groups in total. The van der Waals surface area contributed by atoms with E-state index in [2.05, 4.69) is 47.8 Å². The van der Waals surface area contributed by atoms with Crippen molar-refractivity contribution in [2.75, 3.05) is 44.8 Å². The Bertz CT molecular complexity index is 1320. The van der Waals surface area contributed by atoms with Crippen LogP contribution < -0.4 is 20.7 Å². The van der Waals surface area contributed by atoms with Crippen molar-refractivity contribution in [3.05, 3.63) is 59.5 Å². The summed E-state index contributed by atoms with van der Waals surface area (Å²) in [5.41, 5.74) is 1.00. The van der Waals surface area contributed by atoms with Gasteiger partial charge in [0.25, 0.3) is 0 Å². The van der Waals surface area contributed by atoms with Gasteiger partial charge in [-0.15, -0.1) is 0 Å². The molecule has 12 heteroatoms. The molecule has 0 spiro atoms. The van der Waals surface area contributed by atoms with Gasteiger partial charge in [0.2, 0.25) is 0 Å². The molecule has 4 rings (SSSR count). The van der Waals surface area contributed by atoms with Gasteiger partial charge in [0.1, 0.15) is 35.5 Å². The molecule has 0 bridgehead atoms. The topological polar surface area (TPSA) is 150 Å². The molecule has 0 unspecified atom stereocenters. The van der Waals surface area contributed by atoms with Crippen LogP contribution in [0, 0.1) is 17.3 Å². The first-order valence-electron chi connectivity index (χ1n) is 12.5. The molecule has 1 saturated heterocycles. The third-order valence-corrected chi connectivity index (χ3v) is 5.59. The zero-order valence-electron chi connectivity index (χ0n) is 22.2. The summed E-state index contributed by atoms with van der Waals surface area (Å²) < 4.78 is 16.4. The predicted molar refractivity (Wildman–Crippen MR) is 147 cm³/mol. The number of pyridine rings is 1. The van der Waals surface area contributed by atoms with Crippen molar-refractivity contribution in [2.24, 2.45) is 4.99 Å². The van der Waals surface area contributed by atoms with Crippen LogP contribution in [0.25, 0.3) is 0 Å². The van der Waals surface area contributed by atoms with Crippen LogP contribution in [-0.2, 0) is 10.2 Å². The number of amides is 2. The van der Waals surface area contributed by atoms with Crippen LogP contribution in [0.15, 0.2) is 57.6 Å². The highest BCUT2D eigenvalue weighted by molar-refractivity contribution is 6.06. The van der Waals surface area contributed by atoms with Gasteiger partial charge in [0.15, 0.2) is 5.82 Å². The van der Waals surface area contributed by atoms with Crippen LogP contribution in [0.4, 0.5) is 10.6 Å². The SMILES string of the molecule is CC(C)(C)c1cc(NC(=O)NC(=N)/C=C2/N=CC(C#Cc3ccc(OCCN4CCOCC4)cn3)=CN2)no1. The molecule has 2 aromatic rings. The largest absolute Gasteiger partial charge is 0.491 e. The molecule has 39 heavy (non-hydrogen) atoms. The number of allylic oxidation sites excluding steroid dienone is 1. The lowest BCUT2D eigenvalue weighted by Crippen LogP contribution is -2.38. The number of hydrogen-bond donors (Lipinski definition) is 4.